The van der Waals surface area contributed by atoms with Crippen molar-refractivity contribution >= 4 is 17.7 Å². The van der Waals surface area contributed by atoms with Crippen LogP contribution < -0.4 is 5.73 Å². The van der Waals surface area contributed by atoms with Crippen LogP contribution >= 0.6 is 11.8 Å². The first-order valence-electron chi connectivity index (χ1n) is 5.08. The third kappa shape index (κ3) is 3.00. The molecule has 0 saturated carbocycles. The van der Waals surface area contributed by atoms with E-state index in [4.69, 9.17) is 10.8 Å². The van der Waals surface area contributed by atoms with Crippen LogP contribution in [0.2, 0.25) is 0 Å². The topological polar surface area (TPSA) is 63.3 Å². The zero-order chi connectivity index (χ0) is 12.3. The van der Waals surface area contributed by atoms with E-state index in [1.165, 1.54) is 5.56 Å². The summed E-state index contributed by atoms with van der Waals surface area (Å²) in [6.07, 6.45) is 1.94. The lowest BCUT2D eigenvalue weighted by Gasteiger charge is -2.16. The number of carboxylic acid groups (broad SMARTS) is 1. The summed E-state index contributed by atoms with van der Waals surface area (Å²) in [6.45, 7) is 4.05. The van der Waals surface area contributed by atoms with Crippen molar-refractivity contribution in [1.29, 1.82) is 0 Å². The average molecular weight is 239 g/mol. The second-order valence-electron chi connectivity index (χ2n) is 3.88. The number of nitrogens with two attached hydrogens (primary N) is 1. The standard InChI is InChI=1S/C12H17NO2S/c1-7-4-9(10(13)6-12(14)15)11(16-3)5-8(7)2/h4-5,10H,6,13H2,1-3H3,(H,14,15). The first-order valence-corrected chi connectivity index (χ1v) is 6.30. The molecule has 1 aromatic rings. The van der Waals surface area contributed by atoms with E-state index in [0.717, 1.165) is 16.0 Å². The van der Waals surface area contributed by atoms with Crippen LogP contribution in [0, 0.1) is 13.8 Å². The molecule has 3 N–H and O–H groups in total. The van der Waals surface area contributed by atoms with Crippen molar-refractivity contribution in [1.82, 2.24) is 0 Å². The minimum Gasteiger partial charge on any atom is -0.481 e. The SMILES string of the molecule is CSc1cc(C)c(C)cc1C(N)CC(=O)O. The van der Waals surface area contributed by atoms with Crippen LogP contribution in [-0.2, 0) is 4.79 Å². The van der Waals surface area contributed by atoms with Crippen LogP contribution in [0.4, 0.5) is 0 Å². The Morgan fingerprint density at radius 1 is 1.44 bits per heavy atom. The predicted molar refractivity (Wildman–Crippen MR) is 66.9 cm³/mol. The zero-order valence-corrected chi connectivity index (χ0v) is 10.6. The summed E-state index contributed by atoms with van der Waals surface area (Å²) in [6, 6.07) is 3.63. The number of hydrogen-bond donors (Lipinski definition) is 2. The van der Waals surface area contributed by atoms with E-state index < -0.39 is 12.0 Å². The highest BCUT2D eigenvalue weighted by Crippen LogP contribution is 2.29. The molecule has 1 atom stereocenters. The highest BCUT2D eigenvalue weighted by molar-refractivity contribution is 7.98. The number of benzene rings is 1. The van der Waals surface area contributed by atoms with Crippen molar-refractivity contribution in [2.45, 2.75) is 31.2 Å². The number of rotatable bonds is 4. The van der Waals surface area contributed by atoms with Crippen molar-refractivity contribution in [2.24, 2.45) is 5.73 Å². The molecule has 1 rings (SSSR count). The van der Waals surface area contributed by atoms with E-state index in [0.29, 0.717) is 0 Å². The Balaban J connectivity index is 3.10. The lowest BCUT2D eigenvalue weighted by Crippen LogP contribution is -2.16. The van der Waals surface area contributed by atoms with Gasteiger partial charge in [-0.05, 0) is 42.9 Å². The number of aryl methyl sites for hydroxylation is 2. The van der Waals surface area contributed by atoms with Gasteiger partial charge in [-0.1, -0.05) is 6.07 Å². The molecule has 0 aliphatic heterocycles. The lowest BCUT2D eigenvalue weighted by atomic mass is 9.99. The molecule has 3 nitrogen and oxygen atoms in total. The van der Waals surface area contributed by atoms with Crippen LogP contribution in [0.3, 0.4) is 0 Å². The Morgan fingerprint density at radius 2 is 2.00 bits per heavy atom. The summed E-state index contributed by atoms with van der Waals surface area (Å²) in [5.74, 6) is -0.863. The number of carboxylic acids is 1. The van der Waals surface area contributed by atoms with Gasteiger partial charge in [0, 0.05) is 10.9 Å². The first-order chi connectivity index (χ1) is 7.45. The predicted octanol–water partition coefficient (Wildman–Crippen LogP) is 2.50. The van der Waals surface area contributed by atoms with E-state index >= 15 is 0 Å². The molecule has 0 aliphatic carbocycles. The summed E-state index contributed by atoms with van der Waals surface area (Å²) < 4.78 is 0. The highest BCUT2D eigenvalue weighted by Gasteiger charge is 2.15. The van der Waals surface area contributed by atoms with Crippen LogP contribution in [-0.4, -0.2) is 17.3 Å². The van der Waals surface area contributed by atoms with Gasteiger partial charge in [-0.25, -0.2) is 0 Å². The summed E-state index contributed by atoms with van der Waals surface area (Å²) in [7, 11) is 0. The number of thioether (sulfide) groups is 1. The number of aliphatic carboxylic acids is 1. The molecule has 0 amide bonds. The molecule has 16 heavy (non-hydrogen) atoms. The average Bonchev–Trinajstić information content (AvgIpc) is 2.20. The van der Waals surface area contributed by atoms with E-state index in [9.17, 15) is 4.79 Å². The molecule has 0 fully saturated rings. The summed E-state index contributed by atoms with van der Waals surface area (Å²) >= 11 is 1.60. The summed E-state index contributed by atoms with van der Waals surface area (Å²) in [4.78, 5) is 11.7. The van der Waals surface area contributed by atoms with E-state index in [-0.39, 0.29) is 6.42 Å². The van der Waals surface area contributed by atoms with Crippen molar-refractivity contribution in [3.05, 3.63) is 28.8 Å². The Kier molecular flexibility index (Phi) is 4.38. The number of carbonyl (C=O) groups is 1. The quantitative estimate of drug-likeness (QED) is 0.792. The monoisotopic (exact) mass is 239 g/mol. The molecule has 0 radical (unpaired) electrons. The molecule has 0 aromatic heterocycles. The first kappa shape index (κ1) is 13.1. The maximum Gasteiger partial charge on any atom is 0.305 e. The van der Waals surface area contributed by atoms with Crippen molar-refractivity contribution in [2.75, 3.05) is 6.26 Å². The van der Waals surface area contributed by atoms with Gasteiger partial charge < -0.3 is 10.8 Å². The van der Waals surface area contributed by atoms with Crippen LogP contribution in [0.25, 0.3) is 0 Å². The number of hydrogen-bond acceptors (Lipinski definition) is 3. The van der Waals surface area contributed by atoms with Crippen LogP contribution in [0.1, 0.15) is 29.2 Å². The summed E-state index contributed by atoms with van der Waals surface area (Å²) in [5.41, 5.74) is 9.18. The smallest absolute Gasteiger partial charge is 0.305 e. The van der Waals surface area contributed by atoms with Crippen molar-refractivity contribution in [3.63, 3.8) is 0 Å². The fraction of sp³-hybridized carbons (Fsp3) is 0.417. The molecule has 4 heteroatoms. The van der Waals surface area contributed by atoms with Gasteiger partial charge in [0.05, 0.1) is 6.42 Å². The summed E-state index contributed by atoms with van der Waals surface area (Å²) in [5, 5.41) is 8.75. The largest absolute Gasteiger partial charge is 0.481 e. The minimum atomic E-state index is -0.863. The molecular formula is C12H17NO2S. The van der Waals surface area contributed by atoms with Gasteiger partial charge in [-0.3, -0.25) is 4.79 Å². The Bertz CT molecular complexity index is 404. The van der Waals surface area contributed by atoms with Gasteiger partial charge in [-0.15, -0.1) is 11.8 Å². The maximum absolute atomic E-state index is 10.6. The normalized spacial score (nSPS) is 12.5. The fourth-order valence-electron chi connectivity index (χ4n) is 1.58. The Morgan fingerprint density at radius 3 is 2.50 bits per heavy atom. The van der Waals surface area contributed by atoms with Crippen molar-refractivity contribution < 1.29 is 9.90 Å². The molecule has 0 spiro atoms. The zero-order valence-electron chi connectivity index (χ0n) is 9.78. The van der Waals surface area contributed by atoms with Crippen LogP contribution in [0.15, 0.2) is 17.0 Å². The van der Waals surface area contributed by atoms with Gasteiger partial charge in [-0.2, -0.15) is 0 Å². The highest BCUT2D eigenvalue weighted by atomic mass is 32.2. The van der Waals surface area contributed by atoms with Crippen LogP contribution in [0.5, 0.6) is 0 Å². The lowest BCUT2D eigenvalue weighted by molar-refractivity contribution is -0.137. The second-order valence-corrected chi connectivity index (χ2v) is 4.73. The third-order valence-corrected chi connectivity index (χ3v) is 3.43. The molecule has 88 valence electrons. The van der Waals surface area contributed by atoms with Gasteiger partial charge >= 0.3 is 5.97 Å². The van der Waals surface area contributed by atoms with Gasteiger partial charge in [0.1, 0.15) is 0 Å². The van der Waals surface area contributed by atoms with E-state index in [1.807, 2.05) is 26.2 Å². The van der Waals surface area contributed by atoms with E-state index in [1.54, 1.807) is 11.8 Å². The Labute approximate surface area is 100 Å². The van der Waals surface area contributed by atoms with Crippen molar-refractivity contribution in [3.8, 4) is 0 Å². The minimum absolute atomic E-state index is 0.0317. The maximum atomic E-state index is 10.6. The molecule has 0 saturated heterocycles. The van der Waals surface area contributed by atoms with Gasteiger partial charge in [0.15, 0.2) is 0 Å². The third-order valence-electron chi connectivity index (χ3n) is 2.64. The molecule has 0 heterocycles. The fourth-order valence-corrected chi connectivity index (χ4v) is 2.32. The van der Waals surface area contributed by atoms with E-state index in [2.05, 4.69) is 6.07 Å². The Hall–Kier alpha value is -1.00. The van der Waals surface area contributed by atoms with Gasteiger partial charge in [0.25, 0.3) is 0 Å². The second kappa shape index (κ2) is 5.37. The van der Waals surface area contributed by atoms with Gasteiger partial charge in [0.2, 0.25) is 0 Å². The molecule has 0 aliphatic rings. The molecular weight excluding hydrogens is 222 g/mol. The molecule has 0 bridgehead atoms. The molecule has 1 unspecified atom stereocenters. The molecule has 1 aromatic carbocycles.